The molecule has 0 aliphatic carbocycles. The fraction of sp³-hybridized carbons (Fsp3) is 0.333. The highest BCUT2D eigenvalue weighted by atomic mass is 79.9. The molecular formula is C9H11BrN2O2. The van der Waals surface area contributed by atoms with Crippen LogP contribution >= 0.6 is 15.9 Å². The minimum atomic E-state index is -1.03. The SMILES string of the molecule is CC(C)(Nc1ncccc1Br)C(=O)O. The van der Waals surface area contributed by atoms with E-state index >= 15 is 0 Å². The predicted molar refractivity (Wildman–Crippen MR) is 57.3 cm³/mol. The Morgan fingerprint density at radius 3 is 2.79 bits per heavy atom. The number of anilines is 1. The zero-order valence-corrected chi connectivity index (χ0v) is 9.50. The maximum absolute atomic E-state index is 10.8. The molecule has 0 aromatic carbocycles. The Morgan fingerprint density at radius 1 is 1.64 bits per heavy atom. The number of halogens is 1. The fourth-order valence-electron chi connectivity index (χ4n) is 0.827. The Hall–Kier alpha value is -1.10. The van der Waals surface area contributed by atoms with E-state index in [9.17, 15) is 4.79 Å². The van der Waals surface area contributed by atoms with E-state index in [2.05, 4.69) is 26.2 Å². The average Bonchev–Trinajstić information content (AvgIpc) is 2.08. The summed E-state index contributed by atoms with van der Waals surface area (Å²) in [5.74, 6) is -0.394. The monoisotopic (exact) mass is 258 g/mol. The number of carboxylic acid groups (broad SMARTS) is 1. The smallest absolute Gasteiger partial charge is 0.328 e. The number of carbonyl (C=O) groups is 1. The van der Waals surface area contributed by atoms with Crippen LogP contribution in [0.1, 0.15) is 13.8 Å². The van der Waals surface area contributed by atoms with Crippen molar-refractivity contribution in [2.45, 2.75) is 19.4 Å². The second kappa shape index (κ2) is 3.96. The first kappa shape index (κ1) is 11.0. The standard InChI is InChI=1S/C9H11BrN2O2/c1-9(2,8(13)14)12-7-6(10)4-3-5-11-7/h3-5H,1-2H3,(H,11,12)(H,13,14). The molecule has 0 spiro atoms. The Kier molecular flexibility index (Phi) is 3.10. The van der Waals surface area contributed by atoms with Crippen molar-refractivity contribution in [2.75, 3.05) is 5.32 Å². The minimum absolute atomic E-state index is 0.528. The summed E-state index contributed by atoms with van der Waals surface area (Å²) in [6, 6.07) is 3.57. The molecule has 0 unspecified atom stereocenters. The lowest BCUT2D eigenvalue weighted by atomic mass is 10.1. The molecule has 5 heteroatoms. The van der Waals surface area contributed by atoms with Crippen molar-refractivity contribution in [1.82, 2.24) is 4.98 Å². The van der Waals surface area contributed by atoms with Crippen LogP contribution in [0, 0.1) is 0 Å². The molecule has 1 heterocycles. The van der Waals surface area contributed by atoms with Crippen LogP contribution in [-0.4, -0.2) is 21.6 Å². The third-order valence-corrected chi connectivity index (χ3v) is 2.36. The van der Waals surface area contributed by atoms with Gasteiger partial charge in [-0.3, -0.25) is 0 Å². The van der Waals surface area contributed by atoms with Gasteiger partial charge < -0.3 is 10.4 Å². The van der Waals surface area contributed by atoms with Gasteiger partial charge in [0, 0.05) is 6.20 Å². The van der Waals surface area contributed by atoms with Crippen molar-refractivity contribution in [1.29, 1.82) is 0 Å². The first-order valence-corrected chi connectivity index (χ1v) is 4.85. The van der Waals surface area contributed by atoms with Gasteiger partial charge in [0.2, 0.25) is 0 Å². The Bertz CT molecular complexity index is 352. The van der Waals surface area contributed by atoms with Crippen LogP contribution in [0.3, 0.4) is 0 Å². The van der Waals surface area contributed by atoms with Crippen molar-refractivity contribution in [3.05, 3.63) is 22.8 Å². The van der Waals surface area contributed by atoms with Crippen LogP contribution in [0.25, 0.3) is 0 Å². The lowest BCUT2D eigenvalue weighted by Crippen LogP contribution is -2.40. The summed E-state index contributed by atoms with van der Waals surface area (Å²) in [6.07, 6.45) is 1.60. The molecule has 4 nitrogen and oxygen atoms in total. The lowest BCUT2D eigenvalue weighted by molar-refractivity contribution is -0.141. The number of aliphatic carboxylic acids is 1. The van der Waals surface area contributed by atoms with Gasteiger partial charge in [-0.25, -0.2) is 9.78 Å². The molecular weight excluding hydrogens is 248 g/mol. The molecule has 1 rings (SSSR count). The van der Waals surface area contributed by atoms with E-state index in [4.69, 9.17) is 5.11 Å². The molecule has 0 fully saturated rings. The van der Waals surface area contributed by atoms with Gasteiger partial charge in [-0.1, -0.05) is 0 Å². The number of carboxylic acids is 1. The maximum Gasteiger partial charge on any atom is 0.328 e. The molecule has 76 valence electrons. The number of aromatic nitrogens is 1. The second-order valence-corrected chi connectivity index (χ2v) is 4.24. The van der Waals surface area contributed by atoms with E-state index in [1.54, 1.807) is 32.2 Å². The van der Waals surface area contributed by atoms with Gasteiger partial charge in [0.1, 0.15) is 11.4 Å². The van der Waals surface area contributed by atoms with Crippen molar-refractivity contribution in [3.8, 4) is 0 Å². The first-order chi connectivity index (χ1) is 6.43. The highest BCUT2D eigenvalue weighted by Crippen LogP contribution is 2.22. The Labute approximate surface area is 90.5 Å². The third-order valence-electron chi connectivity index (χ3n) is 1.72. The first-order valence-electron chi connectivity index (χ1n) is 4.05. The number of rotatable bonds is 3. The number of hydrogen-bond acceptors (Lipinski definition) is 3. The van der Waals surface area contributed by atoms with Gasteiger partial charge in [-0.15, -0.1) is 0 Å². The zero-order chi connectivity index (χ0) is 10.8. The third kappa shape index (κ3) is 2.45. The Morgan fingerprint density at radius 2 is 2.29 bits per heavy atom. The molecule has 0 saturated carbocycles. The van der Waals surface area contributed by atoms with Gasteiger partial charge in [-0.05, 0) is 41.9 Å². The number of pyridine rings is 1. The van der Waals surface area contributed by atoms with Crippen LogP contribution in [-0.2, 0) is 4.79 Å². The van der Waals surface area contributed by atoms with Gasteiger partial charge >= 0.3 is 5.97 Å². The van der Waals surface area contributed by atoms with Crippen molar-refractivity contribution in [2.24, 2.45) is 0 Å². The summed E-state index contributed by atoms with van der Waals surface area (Å²) in [5, 5.41) is 11.7. The molecule has 1 aromatic heterocycles. The van der Waals surface area contributed by atoms with Crippen LogP contribution in [0.15, 0.2) is 22.8 Å². The predicted octanol–water partition coefficient (Wildman–Crippen LogP) is 2.12. The van der Waals surface area contributed by atoms with Crippen molar-refractivity contribution >= 4 is 27.7 Å². The molecule has 1 aromatic rings. The highest BCUT2D eigenvalue weighted by molar-refractivity contribution is 9.10. The van der Waals surface area contributed by atoms with E-state index in [0.29, 0.717) is 5.82 Å². The van der Waals surface area contributed by atoms with Crippen LogP contribution < -0.4 is 5.32 Å². The van der Waals surface area contributed by atoms with E-state index < -0.39 is 11.5 Å². The van der Waals surface area contributed by atoms with Crippen LogP contribution in [0.2, 0.25) is 0 Å². The molecule has 0 amide bonds. The molecule has 0 aliphatic heterocycles. The zero-order valence-electron chi connectivity index (χ0n) is 7.91. The second-order valence-electron chi connectivity index (χ2n) is 3.39. The maximum atomic E-state index is 10.8. The highest BCUT2D eigenvalue weighted by Gasteiger charge is 2.27. The molecule has 0 bridgehead atoms. The summed E-state index contributed by atoms with van der Waals surface area (Å²) >= 11 is 3.28. The number of nitrogens with one attached hydrogen (secondary N) is 1. The molecule has 0 radical (unpaired) electrons. The lowest BCUT2D eigenvalue weighted by Gasteiger charge is -2.22. The topological polar surface area (TPSA) is 62.2 Å². The molecule has 0 saturated heterocycles. The summed E-state index contributed by atoms with van der Waals surface area (Å²) < 4.78 is 0.745. The van der Waals surface area contributed by atoms with E-state index in [1.165, 1.54) is 0 Å². The van der Waals surface area contributed by atoms with Crippen molar-refractivity contribution < 1.29 is 9.90 Å². The molecule has 2 N–H and O–H groups in total. The summed E-state index contributed by atoms with van der Waals surface area (Å²) in [6.45, 7) is 3.16. The van der Waals surface area contributed by atoms with Gasteiger partial charge in [0.25, 0.3) is 0 Å². The molecule has 14 heavy (non-hydrogen) atoms. The van der Waals surface area contributed by atoms with Gasteiger partial charge in [-0.2, -0.15) is 0 Å². The van der Waals surface area contributed by atoms with Gasteiger partial charge in [0.15, 0.2) is 0 Å². The number of nitrogens with zero attached hydrogens (tertiary/aromatic N) is 1. The van der Waals surface area contributed by atoms with E-state index in [-0.39, 0.29) is 0 Å². The summed E-state index contributed by atoms with van der Waals surface area (Å²) in [5.41, 5.74) is -1.03. The van der Waals surface area contributed by atoms with E-state index in [1.807, 2.05) is 0 Å². The van der Waals surface area contributed by atoms with Crippen LogP contribution in [0.4, 0.5) is 5.82 Å². The summed E-state index contributed by atoms with van der Waals surface area (Å²) in [4.78, 5) is 14.9. The molecule has 0 aliphatic rings. The van der Waals surface area contributed by atoms with Crippen LogP contribution in [0.5, 0.6) is 0 Å². The normalized spacial score (nSPS) is 11.1. The Balaban J connectivity index is 2.89. The fourth-order valence-corrected chi connectivity index (χ4v) is 1.18. The number of hydrogen-bond donors (Lipinski definition) is 2. The average molecular weight is 259 g/mol. The van der Waals surface area contributed by atoms with E-state index in [0.717, 1.165) is 4.47 Å². The largest absolute Gasteiger partial charge is 0.480 e. The van der Waals surface area contributed by atoms with Crippen molar-refractivity contribution in [3.63, 3.8) is 0 Å². The van der Waals surface area contributed by atoms with Gasteiger partial charge in [0.05, 0.1) is 4.47 Å². The summed E-state index contributed by atoms with van der Waals surface area (Å²) in [7, 11) is 0. The molecule has 0 atom stereocenters. The quantitative estimate of drug-likeness (QED) is 0.872. The minimum Gasteiger partial charge on any atom is -0.480 e.